The molecule has 2 aromatic carbocycles. The third kappa shape index (κ3) is 6.15. The number of carbonyl (C=O) groups is 2. The standard InChI is InChI=1S/C33H39N3O6/c1-5-40-28-19-23(7-10-27(28)41-16-11-21(2)3)30-29(31(37)24-8-9-26-25(18-24)17-22(4)42-26)32(38)33(39)36(30)14-6-13-35-15-12-34-20-35/h7-10,12,15,18-22,30H,5-6,11,13-14,16-17H2,1-4H3,(H,37,38)/p+1. The van der Waals surface area contributed by atoms with Gasteiger partial charge >= 0.3 is 0 Å². The minimum atomic E-state index is -0.784. The minimum absolute atomic E-state index is 0.0409. The van der Waals surface area contributed by atoms with Gasteiger partial charge in [-0.05, 0) is 67.6 Å². The highest BCUT2D eigenvalue weighted by molar-refractivity contribution is 6.46. The summed E-state index contributed by atoms with van der Waals surface area (Å²) in [5.74, 6) is 0.885. The number of aromatic nitrogens is 2. The maximum absolute atomic E-state index is 13.6. The zero-order chi connectivity index (χ0) is 29.8. The van der Waals surface area contributed by atoms with Crippen molar-refractivity contribution in [2.75, 3.05) is 19.8 Å². The zero-order valence-corrected chi connectivity index (χ0v) is 24.8. The lowest BCUT2D eigenvalue weighted by molar-refractivity contribution is -0.695. The molecule has 0 bridgehead atoms. The molecular weight excluding hydrogens is 534 g/mol. The van der Waals surface area contributed by atoms with Gasteiger partial charge in [-0.15, -0.1) is 0 Å². The van der Waals surface area contributed by atoms with Gasteiger partial charge in [0.1, 0.15) is 30.0 Å². The highest BCUT2D eigenvalue weighted by atomic mass is 16.5. The molecule has 1 amide bonds. The first-order chi connectivity index (χ1) is 20.3. The number of rotatable bonds is 12. The van der Waals surface area contributed by atoms with Crippen LogP contribution in [0.5, 0.6) is 17.2 Å². The number of aliphatic hydroxyl groups is 1. The number of fused-ring (bicyclic) bond motifs is 1. The summed E-state index contributed by atoms with van der Waals surface area (Å²) >= 11 is 0. The molecular formula is C33H40N3O6+. The van der Waals surface area contributed by atoms with E-state index in [2.05, 4.69) is 18.8 Å². The third-order valence-corrected chi connectivity index (χ3v) is 7.66. The van der Waals surface area contributed by atoms with E-state index in [9.17, 15) is 14.7 Å². The van der Waals surface area contributed by atoms with Crippen LogP contribution in [0.2, 0.25) is 0 Å². The number of aryl methyl sites for hydroxylation is 1. The Morgan fingerprint density at radius 1 is 1.17 bits per heavy atom. The van der Waals surface area contributed by atoms with Crippen molar-refractivity contribution in [1.29, 1.82) is 0 Å². The van der Waals surface area contributed by atoms with E-state index in [-0.39, 0.29) is 17.4 Å². The van der Waals surface area contributed by atoms with Crippen molar-refractivity contribution in [3.05, 3.63) is 77.4 Å². The molecule has 3 aromatic rings. The average molecular weight is 575 g/mol. The van der Waals surface area contributed by atoms with E-state index in [1.54, 1.807) is 11.0 Å². The van der Waals surface area contributed by atoms with Crippen LogP contribution >= 0.6 is 0 Å². The first-order valence-corrected chi connectivity index (χ1v) is 14.8. The van der Waals surface area contributed by atoms with E-state index in [1.165, 1.54) is 0 Å². The smallest absolute Gasteiger partial charge is 0.295 e. The molecule has 5 rings (SSSR count). The maximum atomic E-state index is 13.6. The molecule has 3 heterocycles. The fourth-order valence-corrected chi connectivity index (χ4v) is 5.55. The Bertz CT molecular complexity index is 1460. The molecule has 2 aliphatic rings. The highest BCUT2D eigenvalue weighted by Crippen LogP contribution is 2.43. The van der Waals surface area contributed by atoms with Crippen molar-refractivity contribution >= 4 is 17.4 Å². The van der Waals surface area contributed by atoms with Crippen LogP contribution in [0.1, 0.15) is 63.3 Å². The van der Waals surface area contributed by atoms with Crippen LogP contribution in [0.25, 0.3) is 5.76 Å². The number of carbonyl (C=O) groups excluding carboxylic acids is 2. The summed E-state index contributed by atoms with van der Waals surface area (Å²) < 4.78 is 19.8. The number of benzene rings is 2. The second kappa shape index (κ2) is 12.7. The molecule has 2 atom stereocenters. The lowest BCUT2D eigenvalue weighted by Gasteiger charge is -2.26. The van der Waals surface area contributed by atoms with Crippen LogP contribution in [0.4, 0.5) is 0 Å². The zero-order valence-electron chi connectivity index (χ0n) is 24.8. The fraction of sp³-hybridized carbons (Fsp3) is 0.424. The second-order valence-corrected chi connectivity index (χ2v) is 11.3. The number of amides is 1. The number of imidazole rings is 1. The normalized spacial score (nSPS) is 19.3. The molecule has 2 N–H and O–H groups in total. The molecule has 9 heteroatoms. The van der Waals surface area contributed by atoms with Gasteiger partial charge < -0.3 is 24.2 Å². The van der Waals surface area contributed by atoms with Gasteiger partial charge in [-0.2, -0.15) is 0 Å². The molecule has 1 aromatic heterocycles. The van der Waals surface area contributed by atoms with Gasteiger partial charge in [0.25, 0.3) is 11.7 Å². The van der Waals surface area contributed by atoms with Crippen molar-refractivity contribution in [1.82, 2.24) is 9.88 Å². The Labute approximate surface area is 246 Å². The third-order valence-electron chi connectivity index (χ3n) is 7.66. The number of nitrogens with zero attached hydrogens (tertiary/aromatic N) is 2. The number of ketones is 1. The SMILES string of the molecule is CCOc1cc(C2/C(=C(\O)c3ccc4c(c3)CC(C)O4)C(=O)C(=O)N2CCC[n+]2cc[nH]c2)ccc1OCCC(C)C. The number of Topliss-reactive ketones (excluding diaryl/α,β-unsaturated/α-hetero) is 1. The molecule has 0 saturated carbocycles. The number of aliphatic hydroxyl groups excluding tert-OH is 1. The quantitative estimate of drug-likeness (QED) is 0.137. The van der Waals surface area contributed by atoms with Crippen LogP contribution in [-0.2, 0) is 22.6 Å². The van der Waals surface area contributed by atoms with Gasteiger partial charge in [-0.1, -0.05) is 19.9 Å². The molecule has 222 valence electrons. The number of aromatic amines is 1. The maximum Gasteiger partial charge on any atom is 0.295 e. The van der Waals surface area contributed by atoms with Crippen molar-refractivity contribution in [2.45, 2.75) is 65.6 Å². The van der Waals surface area contributed by atoms with E-state index in [1.807, 2.05) is 67.5 Å². The lowest BCUT2D eigenvalue weighted by Crippen LogP contribution is -2.36. The van der Waals surface area contributed by atoms with E-state index in [4.69, 9.17) is 14.2 Å². The summed E-state index contributed by atoms with van der Waals surface area (Å²) in [5, 5.41) is 11.6. The van der Waals surface area contributed by atoms with Crippen LogP contribution in [0.15, 0.2) is 60.7 Å². The van der Waals surface area contributed by atoms with E-state index >= 15 is 0 Å². The molecule has 42 heavy (non-hydrogen) atoms. The van der Waals surface area contributed by atoms with Crippen LogP contribution < -0.4 is 18.8 Å². The molecule has 0 radical (unpaired) electrons. The Hall–Kier alpha value is -4.27. The summed E-state index contributed by atoms with van der Waals surface area (Å²) in [5.41, 5.74) is 2.18. The van der Waals surface area contributed by atoms with Gasteiger partial charge in [0, 0.05) is 24.9 Å². The molecule has 9 nitrogen and oxygen atoms in total. The van der Waals surface area contributed by atoms with Crippen molar-refractivity contribution in [2.24, 2.45) is 5.92 Å². The number of H-pyrrole nitrogens is 1. The van der Waals surface area contributed by atoms with E-state index in [0.717, 1.165) is 17.7 Å². The van der Waals surface area contributed by atoms with Crippen molar-refractivity contribution < 1.29 is 33.5 Å². The molecule has 0 spiro atoms. The van der Waals surface area contributed by atoms with Crippen LogP contribution in [0.3, 0.4) is 0 Å². The predicted octanol–water partition coefficient (Wildman–Crippen LogP) is 4.96. The summed E-state index contributed by atoms with van der Waals surface area (Å²) in [6.07, 6.45) is 7.85. The summed E-state index contributed by atoms with van der Waals surface area (Å²) in [7, 11) is 0. The first-order valence-electron chi connectivity index (χ1n) is 14.8. The van der Waals surface area contributed by atoms with E-state index in [0.29, 0.717) is 67.7 Å². The fourth-order valence-electron chi connectivity index (χ4n) is 5.55. The van der Waals surface area contributed by atoms with Gasteiger partial charge in [0.2, 0.25) is 6.33 Å². The molecule has 2 unspecified atom stereocenters. The van der Waals surface area contributed by atoms with Gasteiger partial charge in [-0.3, -0.25) is 14.6 Å². The van der Waals surface area contributed by atoms with Crippen LogP contribution in [0, 0.1) is 5.92 Å². The average Bonchev–Trinajstić information content (AvgIpc) is 3.67. The lowest BCUT2D eigenvalue weighted by atomic mass is 9.94. The number of nitrogens with one attached hydrogen (secondary N) is 1. The van der Waals surface area contributed by atoms with Gasteiger partial charge in [0.05, 0.1) is 31.4 Å². The summed E-state index contributed by atoms with van der Waals surface area (Å²) in [4.78, 5) is 31.6. The largest absolute Gasteiger partial charge is 0.507 e. The molecule has 2 aliphatic heterocycles. The molecule has 1 fully saturated rings. The Balaban J connectivity index is 1.53. The number of hydrogen-bond donors (Lipinski definition) is 2. The Kier molecular flexibility index (Phi) is 8.85. The van der Waals surface area contributed by atoms with Gasteiger partial charge in [-0.25, -0.2) is 4.57 Å². The van der Waals surface area contributed by atoms with E-state index < -0.39 is 17.7 Å². The topological polar surface area (TPSA) is 105 Å². The minimum Gasteiger partial charge on any atom is -0.507 e. The van der Waals surface area contributed by atoms with Gasteiger partial charge in [0.15, 0.2) is 11.5 Å². The number of hydrogen-bond acceptors (Lipinski definition) is 6. The Morgan fingerprint density at radius 3 is 2.74 bits per heavy atom. The first kappa shape index (κ1) is 29.2. The number of likely N-dealkylation sites (tertiary alicyclic amines) is 1. The monoisotopic (exact) mass is 574 g/mol. The van der Waals surface area contributed by atoms with Crippen LogP contribution in [-0.4, -0.2) is 52.5 Å². The number of ether oxygens (including phenoxy) is 3. The molecule has 0 aliphatic carbocycles. The Morgan fingerprint density at radius 2 is 2.00 bits per heavy atom. The van der Waals surface area contributed by atoms with Crippen molar-refractivity contribution in [3.63, 3.8) is 0 Å². The van der Waals surface area contributed by atoms with Crippen molar-refractivity contribution in [3.8, 4) is 17.2 Å². The predicted molar refractivity (Wildman–Crippen MR) is 157 cm³/mol. The summed E-state index contributed by atoms with van der Waals surface area (Å²) in [6, 6.07) is 10.1. The summed E-state index contributed by atoms with van der Waals surface area (Å²) in [6.45, 7) is 10.1. The molecule has 1 saturated heterocycles. The highest BCUT2D eigenvalue weighted by Gasteiger charge is 2.46. The second-order valence-electron chi connectivity index (χ2n) is 11.3.